The molecule has 0 saturated carbocycles. The third kappa shape index (κ3) is 5.59. The molecule has 106 valence electrons. The van der Waals surface area contributed by atoms with Crippen molar-refractivity contribution in [3.05, 3.63) is 35.9 Å². The Morgan fingerprint density at radius 3 is 2.79 bits per heavy atom. The predicted molar refractivity (Wildman–Crippen MR) is 79.2 cm³/mol. The monoisotopic (exact) mass is 283 g/mol. The summed E-state index contributed by atoms with van der Waals surface area (Å²) < 4.78 is 0. The second-order valence-corrected chi connectivity index (χ2v) is 4.90. The normalized spacial score (nSPS) is 19.5. The molecular weight excluding hydrogens is 262 g/mol. The first kappa shape index (κ1) is 16.0. The standard InChI is InChI=1S/C14H21N3O.ClH/c15-13-7-4-8-17(10-13)11-14(18)16-9-12-5-2-1-3-6-12;/h1-3,5-6,13H,4,7-11,15H2,(H,16,18);1H/t13-;/m1./s1. The summed E-state index contributed by atoms with van der Waals surface area (Å²) in [7, 11) is 0. The van der Waals surface area contributed by atoms with Gasteiger partial charge in [-0.3, -0.25) is 9.69 Å². The Kier molecular flexibility index (Phi) is 6.84. The molecule has 1 aliphatic rings. The van der Waals surface area contributed by atoms with Crippen molar-refractivity contribution in [2.24, 2.45) is 5.73 Å². The Morgan fingerprint density at radius 1 is 1.37 bits per heavy atom. The van der Waals surface area contributed by atoms with E-state index in [2.05, 4.69) is 10.2 Å². The van der Waals surface area contributed by atoms with Gasteiger partial charge >= 0.3 is 0 Å². The summed E-state index contributed by atoms with van der Waals surface area (Å²) >= 11 is 0. The van der Waals surface area contributed by atoms with Gasteiger partial charge in [-0.15, -0.1) is 12.4 Å². The van der Waals surface area contributed by atoms with Gasteiger partial charge in [-0.05, 0) is 24.9 Å². The van der Waals surface area contributed by atoms with E-state index in [9.17, 15) is 4.79 Å². The van der Waals surface area contributed by atoms with E-state index in [-0.39, 0.29) is 24.4 Å². The molecule has 4 nitrogen and oxygen atoms in total. The average molecular weight is 284 g/mol. The number of hydrogen-bond donors (Lipinski definition) is 2. The fourth-order valence-corrected chi connectivity index (χ4v) is 2.29. The van der Waals surface area contributed by atoms with Crippen LogP contribution < -0.4 is 11.1 Å². The van der Waals surface area contributed by atoms with Crippen molar-refractivity contribution >= 4 is 18.3 Å². The van der Waals surface area contributed by atoms with E-state index in [0.29, 0.717) is 13.1 Å². The van der Waals surface area contributed by atoms with E-state index < -0.39 is 0 Å². The van der Waals surface area contributed by atoms with Gasteiger partial charge in [0, 0.05) is 19.1 Å². The number of carbonyl (C=O) groups is 1. The molecule has 5 heteroatoms. The lowest BCUT2D eigenvalue weighted by atomic mass is 10.1. The second kappa shape index (κ2) is 8.15. The number of rotatable bonds is 4. The van der Waals surface area contributed by atoms with Crippen molar-refractivity contribution in [1.29, 1.82) is 0 Å². The van der Waals surface area contributed by atoms with Crippen molar-refractivity contribution in [3.63, 3.8) is 0 Å². The Bertz CT molecular complexity index is 386. The van der Waals surface area contributed by atoms with E-state index in [1.165, 1.54) is 0 Å². The van der Waals surface area contributed by atoms with Gasteiger partial charge < -0.3 is 11.1 Å². The summed E-state index contributed by atoms with van der Waals surface area (Å²) in [5, 5.41) is 2.94. The molecule has 19 heavy (non-hydrogen) atoms. The minimum atomic E-state index is 0. The van der Waals surface area contributed by atoms with Crippen molar-refractivity contribution in [2.75, 3.05) is 19.6 Å². The van der Waals surface area contributed by atoms with Gasteiger partial charge in [0.1, 0.15) is 0 Å². The van der Waals surface area contributed by atoms with E-state index in [1.54, 1.807) is 0 Å². The van der Waals surface area contributed by atoms with Crippen molar-refractivity contribution in [3.8, 4) is 0 Å². The lowest BCUT2D eigenvalue weighted by Crippen LogP contribution is -2.46. The first-order valence-corrected chi connectivity index (χ1v) is 6.52. The van der Waals surface area contributed by atoms with E-state index >= 15 is 0 Å². The van der Waals surface area contributed by atoms with Gasteiger partial charge in [-0.1, -0.05) is 30.3 Å². The summed E-state index contributed by atoms with van der Waals surface area (Å²) in [5.74, 6) is 0.0768. The second-order valence-electron chi connectivity index (χ2n) is 4.90. The number of halogens is 1. The predicted octanol–water partition coefficient (Wildman–Crippen LogP) is 1.15. The summed E-state index contributed by atoms with van der Waals surface area (Å²) in [6, 6.07) is 10.2. The minimum Gasteiger partial charge on any atom is -0.351 e. The molecule has 0 radical (unpaired) electrons. The van der Waals surface area contributed by atoms with Crippen LogP contribution in [0.15, 0.2) is 30.3 Å². The third-order valence-electron chi connectivity index (χ3n) is 3.24. The number of hydrogen-bond acceptors (Lipinski definition) is 3. The number of nitrogens with two attached hydrogens (primary N) is 1. The van der Waals surface area contributed by atoms with Gasteiger partial charge in [-0.2, -0.15) is 0 Å². The first-order valence-electron chi connectivity index (χ1n) is 6.52. The summed E-state index contributed by atoms with van der Waals surface area (Å²) in [6.07, 6.45) is 2.16. The van der Waals surface area contributed by atoms with E-state index in [4.69, 9.17) is 5.73 Å². The fourth-order valence-electron chi connectivity index (χ4n) is 2.29. The van der Waals surface area contributed by atoms with Crippen LogP contribution >= 0.6 is 12.4 Å². The molecule has 1 atom stereocenters. The van der Waals surface area contributed by atoms with Crippen LogP contribution in [0.1, 0.15) is 18.4 Å². The highest BCUT2D eigenvalue weighted by molar-refractivity contribution is 5.85. The first-order chi connectivity index (χ1) is 8.74. The molecule has 1 aromatic rings. The lowest BCUT2D eigenvalue weighted by Gasteiger charge is -2.29. The lowest BCUT2D eigenvalue weighted by molar-refractivity contribution is -0.122. The molecule has 0 aromatic heterocycles. The maximum atomic E-state index is 11.8. The quantitative estimate of drug-likeness (QED) is 0.871. The zero-order valence-corrected chi connectivity index (χ0v) is 11.9. The van der Waals surface area contributed by atoms with Gasteiger partial charge in [0.25, 0.3) is 0 Å². The number of likely N-dealkylation sites (tertiary alicyclic amines) is 1. The van der Waals surface area contributed by atoms with Gasteiger partial charge in [0.05, 0.1) is 6.54 Å². The molecule has 1 saturated heterocycles. The van der Waals surface area contributed by atoms with Crippen LogP contribution in [0.5, 0.6) is 0 Å². The highest BCUT2D eigenvalue weighted by Crippen LogP contribution is 2.07. The number of piperidine rings is 1. The van der Waals surface area contributed by atoms with Crippen LogP contribution in [-0.2, 0) is 11.3 Å². The maximum absolute atomic E-state index is 11.8. The van der Waals surface area contributed by atoms with Gasteiger partial charge in [0.15, 0.2) is 0 Å². The van der Waals surface area contributed by atoms with Crippen LogP contribution in [0.25, 0.3) is 0 Å². The molecule has 0 spiro atoms. The number of nitrogens with zero attached hydrogens (tertiary/aromatic N) is 1. The zero-order valence-electron chi connectivity index (χ0n) is 11.0. The molecule has 1 amide bonds. The van der Waals surface area contributed by atoms with Crippen LogP contribution in [0.2, 0.25) is 0 Å². The average Bonchev–Trinajstić information content (AvgIpc) is 2.38. The fraction of sp³-hybridized carbons (Fsp3) is 0.500. The Hall–Kier alpha value is -1.10. The van der Waals surface area contributed by atoms with Crippen LogP contribution in [-0.4, -0.2) is 36.5 Å². The number of nitrogens with one attached hydrogen (secondary N) is 1. The van der Waals surface area contributed by atoms with Gasteiger partial charge in [-0.25, -0.2) is 0 Å². The molecule has 0 bridgehead atoms. The van der Waals surface area contributed by atoms with Crippen molar-refractivity contribution in [1.82, 2.24) is 10.2 Å². The molecule has 1 heterocycles. The minimum absolute atomic E-state index is 0. The van der Waals surface area contributed by atoms with Crippen LogP contribution in [0.3, 0.4) is 0 Å². The molecule has 1 fully saturated rings. The highest BCUT2D eigenvalue weighted by atomic mass is 35.5. The van der Waals surface area contributed by atoms with Crippen molar-refractivity contribution in [2.45, 2.75) is 25.4 Å². The summed E-state index contributed by atoms with van der Waals surface area (Å²) in [5.41, 5.74) is 7.02. The Balaban J connectivity index is 0.00000180. The summed E-state index contributed by atoms with van der Waals surface area (Å²) in [6.45, 7) is 2.87. The topological polar surface area (TPSA) is 58.4 Å². The Labute approximate surface area is 120 Å². The largest absolute Gasteiger partial charge is 0.351 e. The molecule has 1 aliphatic heterocycles. The smallest absolute Gasteiger partial charge is 0.234 e. The molecule has 1 aromatic carbocycles. The molecule has 2 rings (SSSR count). The summed E-state index contributed by atoms with van der Waals surface area (Å²) in [4.78, 5) is 13.9. The third-order valence-corrected chi connectivity index (χ3v) is 3.24. The van der Waals surface area contributed by atoms with E-state index in [1.807, 2.05) is 30.3 Å². The van der Waals surface area contributed by atoms with Crippen LogP contribution in [0.4, 0.5) is 0 Å². The number of benzene rings is 1. The molecular formula is C14H22ClN3O. The maximum Gasteiger partial charge on any atom is 0.234 e. The molecule has 0 unspecified atom stereocenters. The number of amides is 1. The van der Waals surface area contributed by atoms with E-state index in [0.717, 1.165) is 31.5 Å². The SMILES string of the molecule is Cl.N[C@@H]1CCCN(CC(=O)NCc2ccccc2)C1. The zero-order chi connectivity index (χ0) is 12.8. The van der Waals surface area contributed by atoms with Gasteiger partial charge in [0.2, 0.25) is 5.91 Å². The van der Waals surface area contributed by atoms with Crippen LogP contribution in [0, 0.1) is 0 Å². The Morgan fingerprint density at radius 2 is 2.11 bits per heavy atom. The number of carbonyl (C=O) groups excluding carboxylic acids is 1. The molecule has 0 aliphatic carbocycles. The van der Waals surface area contributed by atoms with Crippen molar-refractivity contribution < 1.29 is 4.79 Å². The molecule has 3 N–H and O–H groups in total. The highest BCUT2D eigenvalue weighted by Gasteiger charge is 2.18.